The highest BCUT2D eigenvalue weighted by Crippen LogP contribution is 2.34. The Morgan fingerprint density at radius 1 is 1.41 bits per heavy atom. The van der Waals surface area contributed by atoms with E-state index in [1.807, 2.05) is 0 Å². The molecule has 1 aliphatic rings. The maximum atomic E-state index is 10.8. The smallest absolute Gasteiger partial charge is 0.288 e. The number of halogens is 1. The molecule has 0 atom stereocenters. The van der Waals surface area contributed by atoms with Crippen molar-refractivity contribution in [1.29, 1.82) is 0 Å². The molecule has 0 spiro atoms. The maximum absolute atomic E-state index is 10.8. The van der Waals surface area contributed by atoms with Crippen molar-refractivity contribution >= 4 is 17.3 Å². The molecule has 1 saturated heterocycles. The summed E-state index contributed by atoms with van der Waals surface area (Å²) in [5.74, 6) is 0. The van der Waals surface area contributed by atoms with E-state index < -0.39 is 10.5 Å². The van der Waals surface area contributed by atoms with Gasteiger partial charge in [0.2, 0.25) is 0 Å². The second-order valence-corrected chi connectivity index (χ2v) is 4.60. The van der Waals surface area contributed by atoms with Gasteiger partial charge in [-0.05, 0) is 24.5 Å². The fraction of sp³-hybridized carbons (Fsp3) is 0.455. The van der Waals surface area contributed by atoms with Crippen molar-refractivity contribution in [3.05, 3.63) is 38.9 Å². The van der Waals surface area contributed by atoms with E-state index in [-0.39, 0.29) is 10.7 Å². The highest BCUT2D eigenvalue weighted by molar-refractivity contribution is 6.32. The Labute approximate surface area is 104 Å². The predicted octanol–water partition coefficient (Wildman–Crippen LogP) is 2.21. The highest BCUT2D eigenvalue weighted by atomic mass is 35.5. The van der Waals surface area contributed by atoms with Crippen LogP contribution in [0.5, 0.6) is 0 Å². The summed E-state index contributed by atoms with van der Waals surface area (Å²) < 4.78 is 5.25. The van der Waals surface area contributed by atoms with Crippen molar-refractivity contribution in [3.63, 3.8) is 0 Å². The fourth-order valence-corrected chi connectivity index (χ4v) is 2.17. The van der Waals surface area contributed by atoms with Gasteiger partial charge < -0.3 is 10.5 Å². The van der Waals surface area contributed by atoms with Gasteiger partial charge in [-0.15, -0.1) is 0 Å². The summed E-state index contributed by atoms with van der Waals surface area (Å²) in [6.45, 7) is 1.15. The highest BCUT2D eigenvalue weighted by Gasteiger charge is 2.31. The van der Waals surface area contributed by atoms with Gasteiger partial charge in [0.25, 0.3) is 5.69 Å². The van der Waals surface area contributed by atoms with Crippen molar-refractivity contribution < 1.29 is 9.66 Å². The first kappa shape index (κ1) is 12.3. The lowest BCUT2D eigenvalue weighted by atomic mass is 9.84. The third-order valence-corrected chi connectivity index (χ3v) is 3.42. The molecule has 0 amide bonds. The zero-order valence-electron chi connectivity index (χ0n) is 9.19. The van der Waals surface area contributed by atoms with Crippen LogP contribution in [0.4, 0.5) is 5.69 Å². The van der Waals surface area contributed by atoms with E-state index in [2.05, 4.69) is 0 Å². The lowest BCUT2D eigenvalue weighted by molar-refractivity contribution is -0.384. The first-order valence-corrected chi connectivity index (χ1v) is 5.72. The number of nitrogens with zero attached hydrogens (tertiary/aromatic N) is 1. The number of ether oxygens (including phenoxy) is 1. The Bertz CT molecular complexity index is 444. The molecule has 2 N–H and O–H groups in total. The van der Waals surface area contributed by atoms with Gasteiger partial charge in [-0.3, -0.25) is 10.1 Å². The van der Waals surface area contributed by atoms with E-state index in [9.17, 15) is 10.1 Å². The minimum atomic E-state index is -0.548. The van der Waals surface area contributed by atoms with Gasteiger partial charge in [0.05, 0.1) is 4.92 Å². The molecular formula is C11H13ClN2O3. The first-order valence-electron chi connectivity index (χ1n) is 5.34. The van der Waals surface area contributed by atoms with Crippen molar-refractivity contribution in [2.45, 2.75) is 18.4 Å². The van der Waals surface area contributed by atoms with Crippen LogP contribution in [-0.4, -0.2) is 18.1 Å². The molecule has 0 saturated carbocycles. The maximum Gasteiger partial charge on any atom is 0.288 e. The van der Waals surface area contributed by atoms with Crippen molar-refractivity contribution in [3.8, 4) is 0 Å². The quantitative estimate of drug-likeness (QED) is 0.650. The summed E-state index contributed by atoms with van der Waals surface area (Å²) in [6, 6.07) is 4.74. The largest absolute Gasteiger partial charge is 0.381 e. The third kappa shape index (κ3) is 2.41. The van der Waals surface area contributed by atoms with Gasteiger partial charge in [-0.25, -0.2) is 0 Å². The van der Waals surface area contributed by atoms with E-state index in [0.29, 0.717) is 26.1 Å². The molecule has 0 unspecified atom stereocenters. The number of rotatable bonds is 2. The van der Waals surface area contributed by atoms with Gasteiger partial charge in [-0.1, -0.05) is 17.7 Å². The summed E-state index contributed by atoms with van der Waals surface area (Å²) >= 11 is 5.77. The standard InChI is InChI=1S/C11H13ClN2O3/c12-9-2-1-8(7-10(9)14(15)16)11(13)3-5-17-6-4-11/h1-2,7H,3-6,13H2. The van der Waals surface area contributed by atoms with Crippen LogP contribution in [0.1, 0.15) is 18.4 Å². The molecule has 6 heteroatoms. The molecule has 0 bridgehead atoms. The van der Waals surface area contributed by atoms with E-state index in [0.717, 1.165) is 5.56 Å². The molecule has 92 valence electrons. The number of hydrogen-bond acceptors (Lipinski definition) is 4. The van der Waals surface area contributed by atoms with Gasteiger partial charge in [0.1, 0.15) is 5.02 Å². The second-order valence-electron chi connectivity index (χ2n) is 4.19. The zero-order chi connectivity index (χ0) is 12.5. The molecule has 1 aromatic rings. The van der Waals surface area contributed by atoms with Crippen LogP contribution in [0.15, 0.2) is 18.2 Å². The summed E-state index contributed by atoms with van der Waals surface area (Å²) in [7, 11) is 0. The Balaban J connectivity index is 2.38. The van der Waals surface area contributed by atoms with Gasteiger partial charge in [0, 0.05) is 24.8 Å². The molecule has 0 aromatic heterocycles. The third-order valence-electron chi connectivity index (χ3n) is 3.10. The molecule has 1 aliphatic heterocycles. The number of nitrogens with two attached hydrogens (primary N) is 1. The van der Waals surface area contributed by atoms with E-state index in [1.165, 1.54) is 12.1 Å². The monoisotopic (exact) mass is 256 g/mol. The fourth-order valence-electron chi connectivity index (χ4n) is 1.99. The van der Waals surface area contributed by atoms with Crippen molar-refractivity contribution in [1.82, 2.24) is 0 Å². The zero-order valence-corrected chi connectivity index (χ0v) is 9.94. The molecule has 2 rings (SSSR count). The van der Waals surface area contributed by atoms with Crippen LogP contribution in [-0.2, 0) is 10.3 Å². The Morgan fingerprint density at radius 2 is 2.06 bits per heavy atom. The Kier molecular flexibility index (Phi) is 3.33. The average Bonchev–Trinajstić information content (AvgIpc) is 2.30. The summed E-state index contributed by atoms with van der Waals surface area (Å²) in [6.07, 6.45) is 1.32. The Hall–Kier alpha value is -1.17. The molecule has 1 heterocycles. The minimum absolute atomic E-state index is 0.0968. The lowest BCUT2D eigenvalue weighted by Gasteiger charge is -2.33. The van der Waals surface area contributed by atoms with Gasteiger partial charge in [0.15, 0.2) is 0 Å². The lowest BCUT2D eigenvalue weighted by Crippen LogP contribution is -2.42. The average molecular weight is 257 g/mol. The van der Waals surface area contributed by atoms with Crippen LogP contribution in [0.2, 0.25) is 5.02 Å². The topological polar surface area (TPSA) is 78.4 Å². The Morgan fingerprint density at radius 3 is 2.65 bits per heavy atom. The van der Waals surface area contributed by atoms with E-state index >= 15 is 0 Å². The molecule has 1 fully saturated rings. The van der Waals surface area contributed by atoms with Crippen LogP contribution in [0, 0.1) is 10.1 Å². The van der Waals surface area contributed by atoms with Gasteiger partial charge in [-0.2, -0.15) is 0 Å². The number of nitro groups is 1. The summed E-state index contributed by atoms with van der Waals surface area (Å²) in [5, 5.41) is 11.0. The minimum Gasteiger partial charge on any atom is -0.381 e. The summed E-state index contributed by atoms with van der Waals surface area (Å²) in [4.78, 5) is 10.3. The van der Waals surface area contributed by atoms with Crippen LogP contribution in [0.3, 0.4) is 0 Å². The number of benzene rings is 1. The number of hydrogen-bond donors (Lipinski definition) is 1. The molecular weight excluding hydrogens is 244 g/mol. The van der Waals surface area contributed by atoms with E-state index in [1.54, 1.807) is 6.07 Å². The summed E-state index contributed by atoms with van der Waals surface area (Å²) in [5.41, 5.74) is 6.36. The van der Waals surface area contributed by atoms with Gasteiger partial charge >= 0.3 is 0 Å². The molecule has 1 aromatic carbocycles. The molecule has 17 heavy (non-hydrogen) atoms. The second kappa shape index (κ2) is 4.60. The van der Waals surface area contributed by atoms with E-state index in [4.69, 9.17) is 22.1 Å². The molecule has 0 aliphatic carbocycles. The normalized spacial score (nSPS) is 18.9. The SMILES string of the molecule is NC1(c2ccc(Cl)c([N+](=O)[O-])c2)CCOCC1. The molecule has 5 nitrogen and oxygen atoms in total. The molecule has 0 radical (unpaired) electrons. The van der Waals surface area contributed by atoms with Crippen molar-refractivity contribution in [2.75, 3.05) is 13.2 Å². The van der Waals surface area contributed by atoms with Crippen LogP contribution in [0.25, 0.3) is 0 Å². The van der Waals surface area contributed by atoms with Crippen molar-refractivity contribution in [2.24, 2.45) is 5.73 Å². The number of nitro benzene ring substituents is 1. The van der Waals surface area contributed by atoms with Crippen LogP contribution >= 0.6 is 11.6 Å². The van der Waals surface area contributed by atoms with Crippen LogP contribution < -0.4 is 5.73 Å². The first-order chi connectivity index (χ1) is 8.03. The predicted molar refractivity (Wildman–Crippen MR) is 64.0 cm³/mol.